The Kier molecular flexibility index (Phi) is 7.82. The molecule has 1 nitrogen and oxygen atoms in total. The SMILES string of the molecule is C(#CC1(C2=CCCC=C2)c2ccccc2-c2cc(N(c3ccccc3)c3ccc4cc(-c5cccc6ccccc56)ccc4c3)ccc21)c1ccccc1. The van der Waals surface area contributed by atoms with E-state index in [0.29, 0.717) is 0 Å². The molecule has 1 atom stereocenters. The van der Waals surface area contributed by atoms with Crippen LogP contribution < -0.4 is 4.90 Å². The number of para-hydroxylation sites is 1. The highest BCUT2D eigenvalue weighted by molar-refractivity contribution is 6.00. The lowest BCUT2D eigenvalue weighted by molar-refractivity contribution is 0.811. The summed E-state index contributed by atoms with van der Waals surface area (Å²) in [7, 11) is 0. The zero-order valence-electron chi connectivity index (χ0n) is 29.9. The van der Waals surface area contributed by atoms with E-state index in [0.717, 1.165) is 35.5 Å². The van der Waals surface area contributed by atoms with Crippen LogP contribution >= 0.6 is 0 Å². The number of anilines is 3. The lowest BCUT2D eigenvalue weighted by Gasteiger charge is -2.30. The summed E-state index contributed by atoms with van der Waals surface area (Å²) in [5.41, 5.74) is 12.5. The molecule has 0 aromatic heterocycles. The molecule has 54 heavy (non-hydrogen) atoms. The highest BCUT2D eigenvalue weighted by Crippen LogP contribution is 2.55. The Morgan fingerprint density at radius 3 is 2.02 bits per heavy atom. The van der Waals surface area contributed by atoms with Crippen LogP contribution in [0, 0.1) is 11.8 Å². The number of hydrogen-bond donors (Lipinski definition) is 0. The quantitative estimate of drug-likeness (QED) is 0.163. The van der Waals surface area contributed by atoms with Gasteiger partial charge in [-0.3, -0.25) is 0 Å². The van der Waals surface area contributed by atoms with Crippen molar-refractivity contribution in [1.29, 1.82) is 0 Å². The van der Waals surface area contributed by atoms with Gasteiger partial charge in [0.25, 0.3) is 0 Å². The molecule has 1 heteroatoms. The minimum absolute atomic E-state index is 0.570. The summed E-state index contributed by atoms with van der Waals surface area (Å²) in [6.45, 7) is 0. The third-order valence-electron chi connectivity index (χ3n) is 11.1. The van der Waals surface area contributed by atoms with Crippen LogP contribution in [0.4, 0.5) is 17.1 Å². The lowest BCUT2D eigenvalue weighted by Crippen LogP contribution is -2.26. The maximum absolute atomic E-state index is 3.87. The average molecular weight is 688 g/mol. The van der Waals surface area contributed by atoms with E-state index in [2.05, 4.69) is 211 Å². The normalized spacial score (nSPS) is 15.6. The molecule has 0 N–H and O–H groups in total. The van der Waals surface area contributed by atoms with Crippen molar-refractivity contribution in [3.05, 3.63) is 222 Å². The molecule has 0 saturated heterocycles. The van der Waals surface area contributed by atoms with Crippen LogP contribution in [0.15, 0.2) is 206 Å². The number of fused-ring (bicyclic) bond motifs is 5. The van der Waals surface area contributed by atoms with Crippen molar-refractivity contribution in [1.82, 2.24) is 0 Å². The monoisotopic (exact) mass is 687 g/mol. The van der Waals surface area contributed by atoms with Crippen molar-refractivity contribution in [3.63, 3.8) is 0 Å². The molecule has 8 aromatic rings. The Balaban J connectivity index is 1.12. The Morgan fingerprint density at radius 2 is 1.15 bits per heavy atom. The van der Waals surface area contributed by atoms with E-state index in [1.807, 2.05) is 6.07 Å². The van der Waals surface area contributed by atoms with Gasteiger partial charge >= 0.3 is 0 Å². The van der Waals surface area contributed by atoms with Gasteiger partial charge in [-0.05, 0) is 128 Å². The fraction of sp³-hybridized carbons (Fsp3) is 0.0566. The van der Waals surface area contributed by atoms with Crippen LogP contribution in [-0.2, 0) is 5.41 Å². The molecule has 0 aliphatic heterocycles. The zero-order valence-corrected chi connectivity index (χ0v) is 29.9. The number of allylic oxidation sites excluding steroid dienone is 4. The number of rotatable bonds is 5. The second-order valence-corrected chi connectivity index (χ2v) is 14.2. The first-order chi connectivity index (χ1) is 26.8. The van der Waals surface area contributed by atoms with E-state index in [4.69, 9.17) is 0 Å². The van der Waals surface area contributed by atoms with Crippen LogP contribution in [0.25, 0.3) is 43.8 Å². The van der Waals surface area contributed by atoms with Gasteiger partial charge in [0.1, 0.15) is 5.41 Å². The zero-order chi connectivity index (χ0) is 35.9. The Hall–Kier alpha value is -6.88. The van der Waals surface area contributed by atoms with Crippen molar-refractivity contribution >= 4 is 38.6 Å². The molecule has 1 unspecified atom stereocenters. The molecule has 0 saturated carbocycles. The molecule has 254 valence electrons. The third-order valence-corrected chi connectivity index (χ3v) is 11.1. The van der Waals surface area contributed by atoms with Gasteiger partial charge in [-0.2, -0.15) is 0 Å². The molecule has 10 rings (SSSR count). The van der Waals surface area contributed by atoms with Gasteiger partial charge in [0.2, 0.25) is 0 Å². The van der Waals surface area contributed by atoms with Gasteiger partial charge < -0.3 is 4.90 Å². The molecular formula is C53H37N. The van der Waals surface area contributed by atoms with Crippen molar-refractivity contribution in [2.75, 3.05) is 4.90 Å². The predicted molar refractivity (Wildman–Crippen MR) is 228 cm³/mol. The van der Waals surface area contributed by atoms with E-state index >= 15 is 0 Å². The molecule has 8 aromatic carbocycles. The Labute approximate surface area is 317 Å². The van der Waals surface area contributed by atoms with Crippen molar-refractivity contribution < 1.29 is 0 Å². The summed E-state index contributed by atoms with van der Waals surface area (Å²) >= 11 is 0. The summed E-state index contributed by atoms with van der Waals surface area (Å²) in [5.74, 6) is 7.47. The molecule has 2 aliphatic carbocycles. The minimum atomic E-state index is -0.570. The second kappa shape index (κ2) is 13.3. The standard InChI is InChI=1S/C53H37N/c1-4-15-38(16-5-1)33-34-53(43-19-6-2-7-20-43)51-26-13-12-24-49(51)50-37-46(31-32-52(50)53)54(44-21-8-3-9-22-44)45-30-29-40-35-42(28-27-41(40)36-45)48-25-14-18-39-17-10-11-23-47(39)48/h1,3-6,8-32,35-37H,2,7H2. The number of nitrogens with zero attached hydrogens (tertiary/aromatic N) is 1. The Bertz CT molecular complexity index is 2830. The van der Waals surface area contributed by atoms with Crippen molar-refractivity contribution in [2.24, 2.45) is 0 Å². The summed E-state index contributed by atoms with van der Waals surface area (Å²) in [6.07, 6.45) is 9.08. The van der Waals surface area contributed by atoms with Gasteiger partial charge in [-0.15, -0.1) is 0 Å². The van der Waals surface area contributed by atoms with E-state index in [9.17, 15) is 0 Å². The Morgan fingerprint density at radius 1 is 0.463 bits per heavy atom. The maximum Gasteiger partial charge on any atom is 0.107 e. The van der Waals surface area contributed by atoms with Crippen LogP contribution in [0.3, 0.4) is 0 Å². The molecule has 0 heterocycles. The van der Waals surface area contributed by atoms with E-state index in [-0.39, 0.29) is 0 Å². The van der Waals surface area contributed by atoms with Gasteiger partial charge in [0.05, 0.1) is 0 Å². The summed E-state index contributed by atoms with van der Waals surface area (Å²) in [6, 6.07) is 65.9. The predicted octanol–water partition coefficient (Wildman–Crippen LogP) is 13.7. The van der Waals surface area contributed by atoms with Crippen LogP contribution in [0.5, 0.6) is 0 Å². The molecule has 0 fully saturated rings. The van der Waals surface area contributed by atoms with Gasteiger partial charge in [0.15, 0.2) is 0 Å². The molecule has 0 radical (unpaired) electrons. The van der Waals surface area contributed by atoms with Crippen LogP contribution in [0.1, 0.15) is 29.5 Å². The highest BCUT2D eigenvalue weighted by atomic mass is 15.1. The first-order valence-electron chi connectivity index (χ1n) is 18.8. The molecule has 0 spiro atoms. The minimum Gasteiger partial charge on any atom is -0.310 e. The van der Waals surface area contributed by atoms with Gasteiger partial charge in [-0.1, -0.05) is 157 Å². The second-order valence-electron chi connectivity index (χ2n) is 14.2. The third kappa shape index (κ3) is 5.35. The average Bonchev–Trinajstić information content (AvgIpc) is 3.53. The first-order valence-corrected chi connectivity index (χ1v) is 18.8. The van der Waals surface area contributed by atoms with E-state index in [1.165, 1.54) is 60.5 Å². The lowest BCUT2D eigenvalue weighted by atomic mass is 9.71. The first kappa shape index (κ1) is 31.8. The van der Waals surface area contributed by atoms with E-state index in [1.54, 1.807) is 0 Å². The van der Waals surface area contributed by atoms with E-state index < -0.39 is 5.41 Å². The van der Waals surface area contributed by atoms with Crippen LogP contribution in [-0.4, -0.2) is 0 Å². The van der Waals surface area contributed by atoms with Gasteiger partial charge in [0, 0.05) is 22.6 Å². The highest BCUT2D eigenvalue weighted by Gasteiger charge is 2.44. The van der Waals surface area contributed by atoms with Gasteiger partial charge in [-0.25, -0.2) is 0 Å². The molecule has 0 bridgehead atoms. The number of benzene rings is 8. The van der Waals surface area contributed by atoms with Crippen molar-refractivity contribution in [2.45, 2.75) is 18.3 Å². The largest absolute Gasteiger partial charge is 0.310 e. The fourth-order valence-corrected chi connectivity index (χ4v) is 8.55. The maximum atomic E-state index is 3.87. The number of hydrogen-bond acceptors (Lipinski definition) is 1. The summed E-state index contributed by atoms with van der Waals surface area (Å²) in [5, 5.41) is 4.95. The van der Waals surface area contributed by atoms with Crippen LogP contribution in [0.2, 0.25) is 0 Å². The summed E-state index contributed by atoms with van der Waals surface area (Å²) < 4.78 is 0. The molecule has 2 aliphatic rings. The van der Waals surface area contributed by atoms with Crippen molar-refractivity contribution in [3.8, 4) is 34.1 Å². The fourth-order valence-electron chi connectivity index (χ4n) is 8.55. The molecule has 0 amide bonds. The summed E-state index contributed by atoms with van der Waals surface area (Å²) in [4.78, 5) is 2.39. The molecular weight excluding hydrogens is 651 g/mol. The topological polar surface area (TPSA) is 3.24 Å². The smallest absolute Gasteiger partial charge is 0.107 e.